The lowest BCUT2D eigenvalue weighted by Crippen LogP contribution is -2.39. The third-order valence-corrected chi connectivity index (χ3v) is 4.83. The minimum Gasteiger partial charge on any atom is -0.493 e. The minimum atomic E-state index is -0.0864. The van der Waals surface area contributed by atoms with Crippen molar-refractivity contribution in [3.8, 4) is 11.5 Å². The summed E-state index contributed by atoms with van der Waals surface area (Å²) < 4.78 is 11.0. The molecule has 1 aliphatic heterocycles. The maximum absolute atomic E-state index is 12.6. The molecule has 0 bridgehead atoms. The van der Waals surface area contributed by atoms with Crippen molar-refractivity contribution >= 4 is 11.8 Å². The fraction of sp³-hybridized carbons (Fsp3) is 0.364. The average molecular weight is 382 g/mol. The lowest BCUT2D eigenvalue weighted by atomic mass is 10.2. The molecule has 6 heteroatoms. The molecule has 0 radical (unpaired) electrons. The molecule has 0 N–H and O–H groups in total. The number of benzene rings is 2. The van der Waals surface area contributed by atoms with Gasteiger partial charge >= 0.3 is 0 Å². The highest BCUT2D eigenvalue weighted by Crippen LogP contribution is 2.27. The quantitative estimate of drug-likeness (QED) is 0.798. The van der Waals surface area contributed by atoms with E-state index in [2.05, 4.69) is 0 Å². The predicted octanol–water partition coefficient (Wildman–Crippen LogP) is 2.76. The van der Waals surface area contributed by atoms with Gasteiger partial charge in [0.1, 0.15) is 0 Å². The Labute approximate surface area is 165 Å². The molecule has 28 heavy (non-hydrogen) atoms. The molecule has 1 saturated heterocycles. The minimum absolute atomic E-state index is 0.00976. The molecule has 0 aliphatic carbocycles. The van der Waals surface area contributed by atoms with Crippen LogP contribution in [0.5, 0.6) is 11.5 Å². The molecule has 2 aromatic rings. The number of carbonyl (C=O) groups is 2. The molecule has 1 aliphatic rings. The van der Waals surface area contributed by atoms with Gasteiger partial charge in [-0.3, -0.25) is 9.59 Å². The molecule has 0 atom stereocenters. The van der Waals surface area contributed by atoms with E-state index in [4.69, 9.17) is 9.47 Å². The number of nitrogens with zero attached hydrogens (tertiary/aromatic N) is 2. The van der Waals surface area contributed by atoms with Gasteiger partial charge < -0.3 is 19.3 Å². The first-order valence-electron chi connectivity index (χ1n) is 9.48. The summed E-state index contributed by atoms with van der Waals surface area (Å²) in [5, 5.41) is 0. The number of hydrogen-bond acceptors (Lipinski definition) is 4. The molecule has 1 heterocycles. The van der Waals surface area contributed by atoms with Crippen LogP contribution in [-0.4, -0.2) is 61.5 Å². The third-order valence-electron chi connectivity index (χ3n) is 4.83. The van der Waals surface area contributed by atoms with E-state index in [1.54, 1.807) is 12.0 Å². The van der Waals surface area contributed by atoms with Gasteiger partial charge in [-0.25, -0.2) is 0 Å². The van der Waals surface area contributed by atoms with Crippen LogP contribution in [0.1, 0.15) is 22.3 Å². The maximum Gasteiger partial charge on any atom is 0.260 e. The van der Waals surface area contributed by atoms with Crippen LogP contribution >= 0.6 is 0 Å². The number of carbonyl (C=O) groups excluding carboxylic acids is 2. The van der Waals surface area contributed by atoms with E-state index in [1.807, 2.05) is 60.4 Å². The van der Waals surface area contributed by atoms with Crippen LogP contribution in [0.4, 0.5) is 0 Å². The molecule has 0 unspecified atom stereocenters. The first-order chi connectivity index (χ1) is 13.6. The molecule has 1 fully saturated rings. The van der Waals surface area contributed by atoms with Gasteiger partial charge in [0, 0.05) is 31.7 Å². The normalized spacial score (nSPS) is 14.4. The van der Waals surface area contributed by atoms with Crippen molar-refractivity contribution in [1.82, 2.24) is 9.80 Å². The smallest absolute Gasteiger partial charge is 0.260 e. The maximum atomic E-state index is 12.6. The lowest BCUT2D eigenvalue weighted by molar-refractivity contribution is -0.133. The first-order valence-corrected chi connectivity index (χ1v) is 9.48. The Kier molecular flexibility index (Phi) is 6.53. The third kappa shape index (κ3) is 4.82. The van der Waals surface area contributed by atoms with Crippen LogP contribution in [0.25, 0.3) is 0 Å². The lowest BCUT2D eigenvalue weighted by Gasteiger charge is -2.22. The zero-order valence-corrected chi connectivity index (χ0v) is 16.4. The van der Waals surface area contributed by atoms with Crippen LogP contribution in [-0.2, 0) is 4.79 Å². The van der Waals surface area contributed by atoms with Gasteiger partial charge in [-0.2, -0.15) is 0 Å². The van der Waals surface area contributed by atoms with Gasteiger partial charge in [0.05, 0.1) is 7.11 Å². The molecule has 0 saturated carbocycles. The Morgan fingerprint density at radius 1 is 0.929 bits per heavy atom. The summed E-state index contributed by atoms with van der Waals surface area (Å²) in [4.78, 5) is 28.8. The fourth-order valence-corrected chi connectivity index (χ4v) is 3.26. The first kappa shape index (κ1) is 19.7. The van der Waals surface area contributed by atoms with Gasteiger partial charge in [0.2, 0.25) is 0 Å². The van der Waals surface area contributed by atoms with Gasteiger partial charge in [-0.1, -0.05) is 24.3 Å². The Hall–Kier alpha value is -3.02. The average Bonchev–Trinajstić information content (AvgIpc) is 2.99. The summed E-state index contributed by atoms with van der Waals surface area (Å²) in [6, 6.07) is 14.8. The fourth-order valence-electron chi connectivity index (χ4n) is 3.26. The number of methoxy groups -OCH3 is 1. The summed E-state index contributed by atoms with van der Waals surface area (Å²) in [5.41, 5.74) is 1.74. The van der Waals surface area contributed by atoms with Gasteiger partial charge in [-0.05, 0) is 43.2 Å². The summed E-state index contributed by atoms with van der Waals surface area (Å²) in [6.07, 6.45) is 0.748. The number of aryl methyl sites for hydroxylation is 1. The van der Waals surface area contributed by atoms with Crippen LogP contribution in [0.15, 0.2) is 48.5 Å². The Balaban J connectivity index is 1.55. The van der Waals surface area contributed by atoms with E-state index in [-0.39, 0.29) is 18.4 Å². The van der Waals surface area contributed by atoms with Crippen LogP contribution < -0.4 is 9.47 Å². The second-order valence-corrected chi connectivity index (χ2v) is 6.84. The molecule has 0 aromatic heterocycles. The van der Waals surface area contributed by atoms with E-state index < -0.39 is 0 Å². The standard InChI is InChI=1S/C22H26N2O4/c1-17-9-10-19(20(15-17)27-2)28-16-21(25)23-11-6-12-24(14-13-23)22(26)18-7-4-3-5-8-18/h3-5,7-10,15H,6,11-14,16H2,1-2H3. The van der Waals surface area contributed by atoms with Crippen molar-refractivity contribution < 1.29 is 19.1 Å². The second-order valence-electron chi connectivity index (χ2n) is 6.84. The topological polar surface area (TPSA) is 59.1 Å². The molecule has 2 aromatic carbocycles. The van der Waals surface area contributed by atoms with Gasteiger partial charge in [-0.15, -0.1) is 0 Å². The number of rotatable bonds is 5. The van der Waals surface area contributed by atoms with Crippen molar-refractivity contribution in [3.05, 3.63) is 59.7 Å². The van der Waals surface area contributed by atoms with Crippen molar-refractivity contribution in [2.24, 2.45) is 0 Å². The number of ether oxygens (including phenoxy) is 2. The zero-order valence-electron chi connectivity index (χ0n) is 16.4. The van der Waals surface area contributed by atoms with E-state index in [0.29, 0.717) is 43.2 Å². The highest BCUT2D eigenvalue weighted by Gasteiger charge is 2.23. The number of amides is 2. The van der Waals surface area contributed by atoms with E-state index in [1.165, 1.54) is 0 Å². The monoisotopic (exact) mass is 382 g/mol. The molecule has 148 valence electrons. The summed E-state index contributed by atoms with van der Waals surface area (Å²) >= 11 is 0. The molecule has 2 amide bonds. The molecule has 6 nitrogen and oxygen atoms in total. The number of hydrogen-bond donors (Lipinski definition) is 0. The second kappa shape index (κ2) is 9.26. The SMILES string of the molecule is COc1cc(C)ccc1OCC(=O)N1CCCN(C(=O)c2ccccc2)CC1. The van der Waals surface area contributed by atoms with Gasteiger partial charge in [0.25, 0.3) is 11.8 Å². The van der Waals surface area contributed by atoms with Gasteiger partial charge in [0.15, 0.2) is 18.1 Å². The molecule has 3 rings (SSSR count). The van der Waals surface area contributed by atoms with E-state index >= 15 is 0 Å². The zero-order chi connectivity index (χ0) is 19.9. The highest BCUT2D eigenvalue weighted by molar-refractivity contribution is 5.94. The molecular weight excluding hydrogens is 356 g/mol. The van der Waals surface area contributed by atoms with Crippen LogP contribution in [0, 0.1) is 6.92 Å². The largest absolute Gasteiger partial charge is 0.493 e. The van der Waals surface area contributed by atoms with E-state index in [9.17, 15) is 9.59 Å². The Morgan fingerprint density at radius 3 is 2.39 bits per heavy atom. The summed E-state index contributed by atoms with van der Waals surface area (Å²) in [6.45, 7) is 4.21. The highest BCUT2D eigenvalue weighted by atomic mass is 16.5. The van der Waals surface area contributed by atoms with Crippen LogP contribution in [0.3, 0.4) is 0 Å². The van der Waals surface area contributed by atoms with Crippen LogP contribution in [0.2, 0.25) is 0 Å². The van der Waals surface area contributed by atoms with Crippen molar-refractivity contribution in [2.45, 2.75) is 13.3 Å². The molecular formula is C22H26N2O4. The van der Waals surface area contributed by atoms with Crippen molar-refractivity contribution in [1.29, 1.82) is 0 Å². The van der Waals surface area contributed by atoms with Crippen molar-refractivity contribution in [3.63, 3.8) is 0 Å². The summed E-state index contributed by atoms with van der Waals surface area (Å²) in [7, 11) is 1.58. The Bertz CT molecular complexity index is 823. The Morgan fingerprint density at radius 2 is 1.64 bits per heavy atom. The van der Waals surface area contributed by atoms with Crippen molar-refractivity contribution in [2.75, 3.05) is 39.9 Å². The predicted molar refractivity (Wildman–Crippen MR) is 107 cm³/mol. The van der Waals surface area contributed by atoms with E-state index in [0.717, 1.165) is 12.0 Å². The molecule has 0 spiro atoms. The summed E-state index contributed by atoms with van der Waals surface area (Å²) in [5.74, 6) is 1.09.